The van der Waals surface area contributed by atoms with Crippen molar-refractivity contribution in [3.8, 4) is 5.75 Å². The van der Waals surface area contributed by atoms with Crippen LogP contribution in [0.25, 0.3) is 0 Å². The van der Waals surface area contributed by atoms with Crippen LogP contribution < -0.4 is 15.8 Å². The Labute approximate surface area is 121 Å². The van der Waals surface area contributed by atoms with Crippen LogP contribution in [0.15, 0.2) is 18.2 Å². The first-order valence-corrected chi connectivity index (χ1v) is 8.41. The standard InChI is InChI=1S/C15H26N2OS/c1-3-18-15-11-13(16)10-14(12-15)17-8-6-4-5-7-9-19-2/h10-12,17H,3-9,16H2,1-2H3. The summed E-state index contributed by atoms with van der Waals surface area (Å²) in [4.78, 5) is 0. The Morgan fingerprint density at radius 1 is 1.16 bits per heavy atom. The summed E-state index contributed by atoms with van der Waals surface area (Å²) in [6.07, 6.45) is 7.30. The number of nitrogens with two attached hydrogens (primary N) is 1. The maximum Gasteiger partial charge on any atom is 0.123 e. The van der Waals surface area contributed by atoms with Gasteiger partial charge in [0, 0.05) is 30.1 Å². The minimum atomic E-state index is 0.665. The smallest absolute Gasteiger partial charge is 0.123 e. The van der Waals surface area contributed by atoms with Gasteiger partial charge in [-0.05, 0) is 37.8 Å². The highest BCUT2D eigenvalue weighted by molar-refractivity contribution is 7.98. The molecule has 3 N–H and O–H groups in total. The summed E-state index contributed by atoms with van der Waals surface area (Å²) in [6.45, 7) is 3.64. The molecular formula is C15H26N2OS. The first-order valence-electron chi connectivity index (χ1n) is 7.02. The van der Waals surface area contributed by atoms with Gasteiger partial charge in [-0.1, -0.05) is 12.8 Å². The number of anilines is 2. The second-order valence-corrected chi connectivity index (χ2v) is 5.54. The van der Waals surface area contributed by atoms with Crippen LogP contribution in [-0.2, 0) is 0 Å². The van der Waals surface area contributed by atoms with Crippen molar-refractivity contribution in [3.63, 3.8) is 0 Å². The number of hydrogen-bond acceptors (Lipinski definition) is 4. The zero-order chi connectivity index (χ0) is 13.9. The number of thioether (sulfide) groups is 1. The highest BCUT2D eigenvalue weighted by Crippen LogP contribution is 2.22. The predicted molar refractivity (Wildman–Crippen MR) is 87.4 cm³/mol. The fourth-order valence-electron chi connectivity index (χ4n) is 1.93. The van der Waals surface area contributed by atoms with Crippen LogP contribution in [-0.4, -0.2) is 25.2 Å². The predicted octanol–water partition coefficient (Wildman–Crippen LogP) is 4.00. The van der Waals surface area contributed by atoms with E-state index in [0.717, 1.165) is 23.7 Å². The quantitative estimate of drug-likeness (QED) is 0.503. The molecule has 3 nitrogen and oxygen atoms in total. The van der Waals surface area contributed by atoms with Gasteiger partial charge in [-0.2, -0.15) is 11.8 Å². The maximum absolute atomic E-state index is 5.85. The molecule has 0 saturated heterocycles. The normalized spacial score (nSPS) is 10.4. The van der Waals surface area contributed by atoms with Gasteiger partial charge in [0.1, 0.15) is 5.75 Å². The van der Waals surface area contributed by atoms with Crippen LogP contribution in [0.5, 0.6) is 5.75 Å². The number of benzene rings is 1. The minimum absolute atomic E-state index is 0.665. The van der Waals surface area contributed by atoms with E-state index in [0.29, 0.717) is 6.61 Å². The molecule has 0 amide bonds. The van der Waals surface area contributed by atoms with Gasteiger partial charge in [0.2, 0.25) is 0 Å². The van der Waals surface area contributed by atoms with E-state index in [1.807, 2.05) is 36.9 Å². The molecule has 108 valence electrons. The van der Waals surface area contributed by atoms with Gasteiger partial charge in [-0.15, -0.1) is 0 Å². The Bertz CT molecular complexity index is 358. The fourth-order valence-corrected chi connectivity index (χ4v) is 2.42. The van der Waals surface area contributed by atoms with Crippen molar-refractivity contribution in [2.45, 2.75) is 32.6 Å². The van der Waals surface area contributed by atoms with Crippen LogP contribution >= 0.6 is 11.8 Å². The molecular weight excluding hydrogens is 256 g/mol. The van der Waals surface area contributed by atoms with Gasteiger partial charge in [0.15, 0.2) is 0 Å². The summed E-state index contributed by atoms with van der Waals surface area (Å²) in [5.41, 5.74) is 7.65. The maximum atomic E-state index is 5.85. The monoisotopic (exact) mass is 282 g/mol. The molecule has 1 aromatic rings. The Morgan fingerprint density at radius 3 is 2.68 bits per heavy atom. The van der Waals surface area contributed by atoms with E-state index in [4.69, 9.17) is 10.5 Å². The molecule has 0 aliphatic heterocycles. The SMILES string of the molecule is CCOc1cc(N)cc(NCCCCCCSC)c1. The molecule has 0 spiro atoms. The molecule has 0 saturated carbocycles. The Balaban J connectivity index is 2.25. The number of unbranched alkanes of at least 4 members (excludes halogenated alkanes) is 3. The highest BCUT2D eigenvalue weighted by Gasteiger charge is 1.99. The molecule has 0 bridgehead atoms. The second-order valence-electron chi connectivity index (χ2n) is 4.56. The molecule has 1 rings (SSSR count). The minimum Gasteiger partial charge on any atom is -0.494 e. The van der Waals surface area contributed by atoms with Crippen LogP contribution in [0, 0.1) is 0 Å². The van der Waals surface area contributed by atoms with Crippen LogP contribution in [0.3, 0.4) is 0 Å². The summed E-state index contributed by atoms with van der Waals surface area (Å²) in [6, 6.07) is 5.82. The lowest BCUT2D eigenvalue weighted by molar-refractivity contribution is 0.340. The first-order chi connectivity index (χ1) is 9.26. The van der Waals surface area contributed by atoms with E-state index < -0.39 is 0 Å². The van der Waals surface area contributed by atoms with Crippen LogP contribution in [0.2, 0.25) is 0 Å². The Morgan fingerprint density at radius 2 is 1.95 bits per heavy atom. The summed E-state index contributed by atoms with van der Waals surface area (Å²) in [7, 11) is 0. The van der Waals surface area contributed by atoms with Gasteiger partial charge in [-0.3, -0.25) is 0 Å². The highest BCUT2D eigenvalue weighted by atomic mass is 32.2. The van der Waals surface area contributed by atoms with E-state index in [1.165, 1.54) is 31.4 Å². The third-order valence-electron chi connectivity index (χ3n) is 2.84. The van der Waals surface area contributed by atoms with Gasteiger partial charge >= 0.3 is 0 Å². The summed E-state index contributed by atoms with van der Waals surface area (Å²) in [5.74, 6) is 2.12. The van der Waals surface area contributed by atoms with E-state index in [-0.39, 0.29) is 0 Å². The van der Waals surface area contributed by atoms with E-state index in [1.54, 1.807) is 0 Å². The largest absolute Gasteiger partial charge is 0.494 e. The lowest BCUT2D eigenvalue weighted by atomic mass is 10.2. The summed E-state index contributed by atoms with van der Waals surface area (Å²) < 4.78 is 5.48. The molecule has 1 aromatic carbocycles. The van der Waals surface area contributed by atoms with Gasteiger partial charge in [-0.25, -0.2) is 0 Å². The average Bonchev–Trinajstić information content (AvgIpc) is 2.37. The van der Waals surface area contributed by atoms with Crippen molar-refractivity contribution in [3.05, 3.63) is 18.2 Å². The van der Waals surface area contributed by atoms with E-state index in [9.17, 15) is 0 Å². The first kappa shape index (κ1) is 16.0. The molecule has 0 aromatic heterocycles. The fraction of sp³-hybridized carbons (Fsp3) is 0.600. The second kappa shape index (κ2) is 9.84. The van der Waals surface area contributed by atoms with Gasteiger partial charge in [0.25, 0.3) is 0 Å². The molecule has 0 atom stereocenters. The molecule has 0 aliphatic carbocycles. The Kier molecular flexibility index (Phi) is 8.30. The van der Waals surface area contributed by atoms with E-state index >= 15 is 0 Å². The lowest BCUT2D eigenvalue weighted by Gasteiger charge is -2.10. The molecule has 4 heteroatoms. The lowest BCUT2D eigenvalue weighted by Crippen LogP contribution is -2.03. The Hall–Kier alpha value is -1.03. The van der Waals surface area contributed by atoms with Crippen molar-refractivity contribution < 1.29 is 4.74 Å². The summed E-state index contributed by atoms with van der Waals surface area (Å²) in [5, 5.41) is 3.41. The average molecular weight is 282 g/mol. The molecule has 0 aliphatic rings. The number of nitrogens with one attached hydrogen (secondary N) is 1. The number of hydrogen-bond donors (Lipinski definition) is 2. The zero-order valence-corrected chi connectivity index (χ0v) is 12.9. The van der Waals surface area contributed by atoms with Crippen molar-refractivity contribution in [2.24, 2.45) is 0 Å². The van der Waals surface area contributed by atoms with Gasteiger partial charge in [0.05, 0.1) is 6.61 Å². The van der Waals surface area contributed by atoms with Crippen molar-refractivity contribution >= 4 is 23.1 Å². The molecule has 0 radical (unpaired) electrons. The molecule has 0 unspecified atom stereocenters. The topological polar surface area (TPSA) is 47.3 Å². The third-order valence-corrected chi connectivity index (χ3v) is 3.54. The van der Waals surface area contributed by atoms with Gasteiger partial charge < -0.3 is 15.8 Å². The van der Waals surface area contributed by atoms with Crippen molar-refractivity contribution in [1.82, 2.24) is 0 Å². The van der Waals surface area contributed by atoms with Crippen LogP contribution in [0.4, 0.5) is 11.4 Å². The number of nitrogen functional groups attached to an aromatic ring is 1. The number of rotatable bonds is 10. The molecule has 19 heavy (non-hydrogen) atoms. The van der Waals surface area contributed by atoms with E-state index in [2.05, 4.69) is 11.6 Å². The van der Waals surface area contributed by atoms with Crippen molar-refractivity contribution in [1.29, 1.82) is 0 Å². The van der Waals surface area contributed by atoms with Crippen LogP contribution in [0.1, 0.15) is 32.6 Å². The van der Waals surface area contributed by atoms with Crippen molar-refractivity contribution in [2.75, 3.05) is 36.2 Å². The number of ether oxygens (including phenoxy) is 1. The summed E-state index contributed by atoms with van der Waals surface area (Å²) >= 11 is 1.93. The third kappa shape index (κ3) is 7.21. The molecule has 0 fully saturated rings. The molecule has 0 heterocycles. The zero-order valence-electron chi connectivity index (χ0n) is 12.1.